The summed E-state index contributed by atoms with van der Waals surface area (Å²) in [6, 6.07) is 8.76. The fourth-order valence-corrected chi connectivity index (χ4v) is 2.04. The lowest BCUT2D eigenvalue weighted by Gasteiger charge is -2.07. The van der Waals surface area contributed by atoms with Crippen LogP contribution < -0.4 is 5.32 Å². The number of benzene rings is 2. The van der Waals surface area contributed by atoms with Crippen LogP contribution in [0.3, 0.4) is 0 Å². The van der Waals surface area contributed by atoms with Gasteiger partial charge in [-0.25, -0.2) is 4.39 Å². The molecule has 2 rings (SSSR count). The Bertz CT molecular complexity index is 664. The predicted molar refractivity (Wildman–Crippen MR) is 78.4 cm³/mol. The van der Waals surface area contributed by atoms with E-state index < -0.39 is 5.82 Å². The molecule has 0 aliphatic rings. The van der Waals surface area contributed by atoms with Gasteiger partial charge >= 0.3 is 0 Å². The molecule has 0 fully saturated rings. The number of rotatable bonds is 3. The number of phenols is 1. The molecule has 0 spiro atoms. The summed E-state index contributed by atoms with van der Waals surface area (Å²) in [6.45, 7) is 0.218. The van der Waals surface area contributed by atoms with Gasteiger partial charge in [0, 0.05) is 12.1 Å². The molecule has 0 aromatic heterocycles. The Labute approximate surface area is 128 Å². The maximum absolute atomic E-state index is 13.0. The highest BCUT2D eigenvalue weighted by Crippen LogP contribution is 2.24. The minimum atomic E-state index is -0.500. The Morgan fingerprint density at radius 1 is 1.30 bits per heavy atom. The smallest absolute Gasteiger partial charge is 0.251 e. The summed E-state index contributed by atoms with van der Waals surface area (Å²) in [7, 11) is 0. The second kappa shape index (κ2) is 6.24. The van der Waals surface area contributed by atoms with E-state index in [1.54, 1.807) is 18.2 Å². The van der Waals surface area contributed by atoms with E-state index >= 15 is 0 Å². The van der Waals surface area contributed by atoms with Crippen LogP contribution in [-0.2, 0) is 6.54 Å². The highest BCUT2D eigenvalue weighted by molar-refractivity contribution is 9.10. The number of nitrogens with one attached hydrogen (secondary N) is 1. The van der Waals surface area contributed by atoms with Crippen molar-refractivity contribution in [1.29, 1.82) is 0 Å². The van der Waals surface area contributed by atoms with Crippen molar-refractivity contribution in [3.05, 3.63) is 62.8 Å². The number of phenolic OH excluding ortho intramolecular Hbond substituents is 1. The minimum Gasteiger partial charge on any atom is -0.507 e. The van der Waals surface area contributed by atoms with Crippen LogP contribution >= 0.6 is 27.5 Å². The molecule has 2 aromatic carbocycles. The van der Waals surface area contributed by atoms with Crippen LogP contribution in [0.2, 0.25) is 5.02 Å². The monoisotopic (exact) mass is 357 g/mol. The number of halogens is 3. The maximum Gasteiger partial charge on any atom is 0.251 e. The second-order valence-electron chi connectivity index (χ2n) is 4.10. The predicted octanol–water partition coefficient (Wildman–Crippen LogP) is 3.88. The largest absolute Gasteiger partial charge is 0.507 e. The Balaban J connectivity index is 2.04. The van der Waals surface area contributed by atoms with Crippen LogP contribution in [0, 0.1) is 5.82 Å². The number of hydrogen-bond acceptors (Lipinski definition) is 2. The average Bonchev–Trinajstić information content (AvgIpc) is 2.43. The number of aromatic hydroxyl groups is 1. The zero-order valence-corrected chi connectivity index (χ0v) is 12.5. The summed E-state index contributed by atoms with van der Waals surface area (Å²) >= 11 is 8.80. The van der Waals surface area contributed by atoms with Crippen LogP contribution in [-0.4, -0.2) is 11.0 Å². The van der Waals surface area contributed by atoms with Gasteiger partial charge in [0.15, 0.2) is 0 Å². The quantitative estimate of drug-likeness (QED) is 0.875. The lowest BCUT2D eigenvalue weighted by atomic mass is 10.2. The second-order valence-corrected chi connectivity index (χ2v) is 5.36. The van der Waals surface area contributed by atoms with Crippen molar-refractivity contribution in [2.45, 2.75) is 6.54 Å². The molecule has 0 saturated carbocycles. The molecule has 104 valence electrons. The third kappa shape index (κ3) is 3.49. The first-order chi connectivity index (χ1) is 9.47. The first-order valence-corrected chi connectivity index (χ1v) is 6.85. The summed E-state index contributed by atoms with van der Waals surface area (Å²) in [5, 5.41) is 12.2. The molecule has 0 radical (unpaired) electrons. The van der Waals surface area contributed by atoms with Crippen molar-refractivity contribution >= 4 is 33.4 Å². The van der Waals surface area contributed by atoms with E-state index in [1.807, 2.05) is 0 Å². The van der Waals surface area contributed by atoms with E-state index in [2.05, 4.69) is 21.2 Å². The molecule has 0 saturated heterocycles. The Hall–Kier alpha value is -1.59. The van der Waals surface area contributed by atoms with Crippen molar-refractivity contribution in [2.24, 2.45) is 0 Å². The van der Waals surface area contributed by atoms with E-state index in [0.29, 0.717) is 15.6 Å². The molecule has 6 heteroatoms. The van der Waals surface area contributed by atoms with E-state index in [4.69, 9.17) is 11.6 Å². The zero-order chi connectivity index (χ0) is 14.7. The first-order valence-electron chi connectivity index (χ1n) is 5.68. The average molecular weight is 359 g/mol. The normalized spacial score (nSPS) is 10.3. The van der Waals surface area contributed by atoms with Crippen LogP contribution in [0.1, 0.15) is 15.9 Å². The lowest BCUT2D eigenvalue weighted by Crippen LogP contribution is -2.22. The van der Waals surface area contributed by atoms with Gasteiger partial charge in [-0.3, -0.25) is 4.79 Å². The summed E-state index contributed by atoms with van der Waals surface area (Å²) in [6.07, 6.45) is 0. The molecule has 0 unspecified atom stereocenters. The van der Waals surface area contributed by atoms with Crippen molar-refractivity contribution in [2.75, 3.05) is 0 Å². The minimum absolute atomic E-state index is 0.0116. The van der Waals surface area contributed by atoms with Gasteiger partial charge in [-0.2, -0.15) is 0 Å². The van der Waals surface area contributed by atoms with Gasteiger partial charge in [-0.1, -0.05) is 17.7 Å². The highest BCUT2D eigenvalue weighted by atomic mass is 79.9. The van der Waals surface area contributed by atoms with E-state index in [9.17, 15) is 14.3 Å². The van der Waals surface area contributed by atoms with Gasteiger partial charge < -0.3 is 10.4 Å². The molecular weight excluding hydrogens is 349 g/mol. The molecule has 0 bridgehead atoms. The summed E-state index contributed by atoms with van der Waals surface area (Å²) in [5.41, 5.74) is 1.02. The van der Waals surface area contributed by atoms with Crippen LogP contribution in [0.25, 0.3) is 0 Å². The van der Waals surface area contributed by atoms with Crippen molar-refractivity contribution in [3.8, 4) is 5.75 Å². The number of hydrogen-bond donors (Lipinski definition) is 2. The van der Waals surface area contributed by atoms with Gasteiger partial charge in [0.1, 0.15) is 11.6 Å². The van der Waals surface area contributed by atoms with E-state index in [0.717, 1.165) is 0 Å². The summed E-state index contributed by atoms with van der Waals surface area (Å²) in [5.74, 6) is -0.852. The van der Waals surface area contributed by atoms with Crippen LogP contribution in [0.15, 0.2) is 40.9 Å². The van der Waals surface area contributed by atoms with Gasteiger partial charge in [0.2, 0.25) is 0 Å². The molecule has 0 heterocycles. The molecule has 1 amide bonds. The van der Waals surface area contributed by atoms with E-state index in [-0.39, 0.29) is 23.2 Å². The fourth-order valence-electron chi connectivity index (χ4n) is 1.59. The fraction of sp³-hybridized carbons (Fsp3) is 0.0714. The molecule has 0 aliphatic carbocycles. The molecule has 2 aromatic rings. The van der Waals surface area contributed by atoms with Gasteiger partial charge in [0.25, 0.3) is 5.91 Å². The molecular formula is C14H10BrClFNO2. The van der Waals surface area contributed by atoms with Gasteiger partial charge in [0.05, 0.1) is 9.50 Å². The molecule has 0 atom stereocenters. The van der Waals surface area contributed by atoms with Gasteiger partial charge in [-0.15, -0.1) is 0 Å². The number of amides is 1. The molecule has 2 N–H and O–H groups in total. The van der Waals surface area contributed by atoms with Crippen molar-refractivity contribution < 1.29 is 14.3 Å². The Kier molecular flexibility index (Phi) is 4.62. The third-order valence-electron chi connectivity index (χ3n) is 2.65. The maximum atomic E-state index is 13.0. The zero-order valence-electron chi connectivity index (χ0n) is 10.2. The Morgan fingerprint density at radius 3 is 2.70 bits per heavy atom. The van der Waals surface area contributed by atoms with E-state index in [1.165, 1.54) is 18.2 Å². The van der Waals surface area contributed by atoms with Crippen molar-refractivity contribution in [3.63, 3.8) is 0 Å². The summed E-state index contributed by atoms with van der Waals surface area (Å²) < 4.78 is 13.5. The lowest BCUT2D eigenvalue weighted by molar-refractivity contribution is 0.0950. The van der Waals surface area contributed by atoms with Crippen molar-refractivity contribution in [1.82, 2.24) is 5.32 Å². The van der Waals surface area contributed by atoms with Gasteiger partial charge in [-0.05, 0) is 51.8 Å². The number of carbonyl (C=O) groups is 1. The highest BCUT2D eigenvalue weighted by Gasteiger charge is 2.08. The molecule has 20 heavy (non-hydrogen) atoms. The standard InChI is InChI=1S/C14H10BrClFNO2/c15-10-3-2-9(6-13(10)19)14(20)18-7-8-1-4-12(17)11(16)5-8/h1-6,19H,7H2,(H,18,20). The Morgan fingerprint density at radius 2 is 2.05 bits per heavy atom. The first kappa shape index (κ1) is 14.8. The van der Waals surface area contributed by atoms with Crippen LogP contribution in [0.4, 0.5) is 4.39 Å². The number of carbonyl (C=O) groups excluding carboxylic acids is 1. The third-order valence-corrected chi connectivity index (χ3v) is 3.61. The molecule has 0 aliphatic heterocycles. The molecule has 3 nitrogen and oxygen atoms in total. The van der Waals surface area contributed by atoms with Crippen LogP contribution in [0.5, 0.6) is 5.75 Å². The summed E-state index contributed by atoms with van der Waals surface area (Å²) in [4.78, 5) is 11.9. The topological polar surface area (TPSA) is 49.3 Å². The SMILES string of the molecule is O=C(NCc1ccc(F)c(Cl)c1)c1ccc(Br)c(O)c1.